The largest absolute Gasteiger partial charge is 0.341 e. The predicted octanol–water partition coefficient (Wildman–Crippen LogP) is 1.80. The normalized spacial score (nSPS) is 19.9. The molecule has 1 saturated heterocycles. The number of rotatable bonds is 2. The van der Waals surface area contributed by atoms with E-state index in [0.29, 0.717) is 13.0 Å². The van der Waals surface area contributed by atoms with Gasteiger partial charge < -0.3 is 10.6 Å². The number of piperidine rings is 1. The summed E-state index contributed by atoms with van der Waals surface area (Å²) < 4.78 is 0. The zero-order chi connectivity index (χ0) is 13.1. The summed E-state index contributed by atoms with van der Waals surface area (Å²) in [5, 5.41) is 0. The van der Waals surface area contributed by atoms with Crippen molar-refractivity contribution in [3.63, 3.8) is 0 Å². The van der Waals surface area contributed by atoms with Crippen molar-refractivity contribution in [2.45, 2.75) is 39.2 Å². The molecule has 1 amide bonds. The van der Waals surface area contributed by atoms with Crippen LogP contribution < -0.4 is 5.73 Å². The van der Waals surface area contributed by atoms with Gasteiger partial charge in [-0.1, -0.05) is 18.2 Å². The van der Waals surface area contributed by atoms with Gasteiger partial charge in [0.2, 0.25) is 5.91 Å². The van der Waals surface area contributed by atoms with Gasteiger partial charge in [0.25, 0.3) is 0 Å². The molecule has 1 aliphatic heterocycles. The summed E-state index contributed by atoms with van der Waals surface area (Å²) >= 11 is 0. The minimum atomic E-state index is 0.155. The second-order valence-electron chi connectivity index (χ2n) is 5.34. The fourth-order valence-electron chi connectivity index (χ4n) is 2.44. The molecule has 3 nitrogen and oxygen atoms in total. The van der Waals surface area contributed by atoms with Crippen molar-refractivity contribution in [1.82, 2.24) is 4.90 Å². The number of likely N-dealkylation sites (tertiary alicyclic amines) is 1. The third-order valence-corrected chi connectivity index (χ3v) is 3.74. The molecule has 2 N–H and O–H groups in total. The topological polar surface area (TPSA) is 46.3 Å². The molecule has 0 saturated carbocycles. The van der Waals surface area contributed by atoms with E-state index in [2.05, 4.69) is 26.0 Å². The van der Waals surface area contributed by atoms with E-state index >= 15 is 0 Å². The van der Waals surface area contributed by atoms with Gasteiger partial charge in [-0.3, -0.25) is 4.79 Å². The summed E-state index contributed by atoms with van der Waals surface area (Å²) in [6.07, 6.45) is 2.56. The average molecular weight is 246 g/mol. The Morgan fingerprint density at radius 3 is 2.83 bits per heavy atom. The lowest BCUT2D eigenvalue weighted by Crippen LogP contribution is -2.46. The van der Waals surface area contributed by atoms with E-state index in [9.17, 15) is 4.79 Å². The molecule has 18 heavy (non-hydrogen) atoms. The first kappa shape index (κ1) is 13.1. The van der Waals surface area contributed by atoms with Crippen molar-refractivity contribution >= 4 is 5.91 Å². The van der Waals surface area contributed by atoms with Crippen LogP contribution in [0, 0.1) is 13.8 Å². The molecule has 1 aliphatic rings. The van der Waals surface area contributed by atoms with E-state index in [1.807, 2.05) is 11.0 Å². The molecule has 1 fully saturated rings. The maximum absolute atomic E-state index is 12.2. The number of amides is 1. The number of hydrogen-bond donors (Lipinski definition) is 1. The van der Waals surface area contributed by atoms with Crippen LogP contribution >= 0.6 is 0 Å². The Kier molecular flexibility index (Phi) is 4.02. The molecular formula is C15H22N2O. The van der Waals surface area contributed by atoms with Crippen molar-refractivity contribution in [3.05, 3.63) is 34.9 Å². The standard InChI is InChI=1S/C15H22N2O/c1-11-5-6-13(8-12(11)2)9-15(18)17-7-3-4-14(16)10-17/h5-6,8,14H,3-4,7,9-10,16H2,1-2H3/t14-/m1/s1. The lowest BCUT2D eigenvalue weighted by molar-refractivity contribution is -0.131. The highest BCUT2D eigenvalue weighted by Crippen LogP contribution is 2.13. The van der Waals surface area contributed by atoms with Crippen molar-refractivity contribution in [1.29, 1.82) is 0 Å². The van der Waals surface area contributed by atoms with Crippen LogP contribution in [0.5, 0.6) is 0 Å². The fraction of sp³-hybridized carbons (Fsp3) is 0.533. The third-order valence-electron chi connectivity index (χ3n) is 3.74. The molecular weight excluding hydrogens is 224 g/mol. The van der Waals surface area contributed by atoms with E-state index in [4.69, 9.17) is 5.73 Å². The molecule has 1 aromatic rings. The summed E-state index contributed by atoms with van der Waals surface area (Å²) in [5.41, 5.74) is 9.52. The summed E-state index contributed by atoms with van der Waals surface area (Å²) in [6, 6.07) is 6.39. The lowest BCUT2D eigenvalue weighted by atomic mass is 10.0. The van der Waals surface area contributed by atoms with Crippen LogP contribution in [0.25, 0.3) is 0 Å². The number of hydrogen-bond acceptors (Lipinski definition) is 2. The average Bonchev–Trinajstić information content (AvgIpc) is 2.34. The minimum Gasteiger partial charge on any atom is -0.341 e. The minimum absolute atomic E-state index is 0.155. The van der Waals surface area contributed by atoms with Crippen molar-refractivity contribution in [2.24, 2.45) is 5.73 Å². The zero-order valence-electron chi connectivity index (χ0n) is 11.3. The van der Waals surface area contributed by atoms with E-state index in [1.54, 1.807) is 0 Å². The quantitative estimate of drug-likeness (QED) is 0.865. The Labute approximate surface area is 109 Å². The van der Waals surface area contributed by atoms with Crippen molar-refractivity contribution in [2.75, 3.05) is 13.1 Å². The molecule has 0 spiro atoms. The Hall–Kier alpha value is -1.35. The molecule has 1 atom stereocenters. The highest BCUT2D eigenvalue weighted by molar-refractivity contribution is 5.79. The van der Waals surface area contributed by atoms with Crippen molar-refractivity contribution < 1.29 is 4.79 Å². The summed E-state index contributed by atoms with van der Waals surface area (Å²) in [7, 11) is 0. The molecule has 0 aliphatic carbocycles. The van der Waals surface area contributed by atoms with Gasteiger partial charge in [-0.25, -0.2) is 0 Å². The summed E-state index contributed by atoms with van der Waals surface area (Å²) in [5.74, 6) is 0.202. The number of carbonyl (C=O) groups is 1. The van der Waals surface area contributed by atoms with Gasteiger partial charge in [0.1, 0.15) is 0 Å². The van der Waals surface area contributed by atoms with E-state index in [0.717, 1.165) is 24.9 Å². The number of nitrogens with zero attached hydrogens (tertiary/aromatic N) is 1. The van der Waals surface area contributed by atoms with Crippen molar-refractivity contribution in [3.8, 4) is 0 Å². The predicted molar refractivity (Wildman–Crippen MR) is 73.4 cm³/mol. The smallest absolute Gasteiger partial charge is 0.227 e. The van der Waals surface area contributed by atoms with E-state index in [-0.39, 0.29) is 11.9 Å². The highest BCUT2D eigenvalue weighted by atomic mass is 16.2. The first-order valence-electron chi connectivity index (χ1n) is 6.66. The zero-order valence-corrected chi connectivity index (χ0v) is 11.3. The molecule has 98 valence electrons. The van der Waals surface area contributed by atoms with Gasteiger partial charge in [0, 0.05) is 19.1 Å². The maximum atomic E-state index is 12.2. The maximum Gasteiger partial charge on any atom is 0.227 e. The first-order chi connectivity index (χ1) is 8.56. The molecule has 0 bridgehead atoms. The molecule has 3 heteroatoms. The molecule has 1 aromatic carbocycles. The van der Waals surface area contributed by atoms with Crippen LogP contribution in [-0.4, -0.2) is 29.9 Å². The Morgan fingerprint density at radius 2 is 2.17 bits per heavy atom. The number of nitrogens with two attached hydrogens (primary N) is 1. The Morgan fingerprint density at radius 1 is 1.39 bits per heavy atom. The second kappa shape index (κ2) is 5.53. The van der Waals surface area contributed by atoms with Crippen LogP contribution in [-0.2, 0) is 11.2 Å². The van der Waals surface area contributed by atoms with Crippen LogP contribution in [0.4, 0.5) is 0 Å². The SMILES string of the molecule is Cc1ccc(CC(=O)N2CCC[C@@H](N)C2)cc1C. The highest BCUT2D eigenvalue weighted by Gasteiger charge is 2.21. The van der Waals surface area contributed by atoms with Gasteiger partial charge in [-0.2, -0.15) is 0 Å². The third kappa shape index (κ3) is 3.10. The van der Waals surface area contributed by atoms with Gasteiger partial charge in [0.15, 0.2) is 0 Å². The number of benzene rings is 1. The lowest BCUT2D eigenvalue weighted by Gasteiger charge is -2.30. The molecule has 0 aromatic heterocycles. The Balaban J connectivity index is 2.00. The van der Waals surface area contributed by atoms with Gasteiger partial charge in [0.05, 0.1) is 6.42 Å². The van der Waals surface area contributed by atoms with Gasteiger partial charge >= 0.3 is 0 Å². The van der Waals surface area contributed by atoms with E-state index < -0.39 is 0 Å². The van der Waals surface area contributed by atoms with Crippen LogP contribution in [0.2, 0.25) is 0 Å². The fourth-order valence-corrected chi connectivity index (χ4v) is 2.44. The summed E-state index contributed by atoms with van der Waals surface area (Å²) in [6.45, 7) is 5.74. The van der Waals surface area contributed by atoms with Gasteiger partial charge in [-0.15, -0.1) is 0 Å². The molecule has 2 rings (SSSR count). The molecule has 0 radical (unpaired) electrons. The number of aryl methyl sites for hydroxylation is 2. The summed E-state index contributed by atoms with van der Waals surface area (Å²) in [4.78, 5) is 14.1. The Bertz CT molecular complexity index is 442. The number of carbonyl (C=O) groups excluding carboxylic acids is 1. The second-order valence-corrected chi connectivity index (χ2v) is 5.34. The van der Waals surface area contributed by atoms with Crippen LogP contribution in [0.1, 0.15) is 29.5 Å². The van der Waals surface area contributed by atoms with Crippen LogP contribution in [0.15, 0.2) is 18.2 Å². The van der Waals surface area contributed by atoms with Crippen LogP contribution in [0.3, 0.4) is 0 Å². The molecule has 1 heterocycles. The monoisotopic (exact) mass is 246 g/mol. The van der Waals surface area contributed by atoms with E-state index in [1.165, 1.54) is 11.1 Å². The van der Waals surface area contributed by atoms with Gasteiger partial charge in [-0.05, 0) is 43.4 Å². The first-order valence-corrected chi connectivity index (χ1v) is 6.66. The molecule has 0 unspecified atom stereocenters.